The summed E-state index contributed by atoms with van der Waals surface area (Å²) in [5.74, 6) is -0.509. The molecule has 0 unspecified atom stereocenters. The number of rotatable bonds is 1. The number of hydrogen-bond donors (Lipinski definition) is 2. The third-order valence-electron chi connectivity index (χ3n) is 1.52. The Kier molecular flexibility index (Phi) is 2.19. The molecule has 0 heterocycles. The van der Waals surface area contributed by atoms with Gasteiger partial charge in [0.1, 0.15) is 5.56 Å². The van der Waals surface area contributed by atoms with Gasteiger partial charge in [0, 0.05) is 11.4 Å². The van der Waals surface area contributed by atoms with Gasteiger partial charge in [0.25, 0.3) is 0 Å². The summed E-state index contributed by atoms with van der Waals surface area (Å²) < 4.78 is 4.50. The number of anilines is 2. The zero-order valence-electron chi connectivity index (χ0n) is 6.70. The molecule has 64 valence electrons. The Morgan fingerprint density at radius 3 is 2.25 bits per heavy atom. The smallest absolute Gasteiger partial charge is 0.342 e. The highest BCUT2D eigenvalue weighted by Gasteiger charge is 2.12. The van der Waals surface area contributed by atoms with Crippen molar-refractivity contribution in [3.8, 4) is 0 Å². The van der Waals surface area contributed by atoms with E-state index in [0.29, 0.717) is 11.4 Å². The van der Waals surface area contributed by atoms with Crippen molar-refractivity contribution in [2.24, 2.45) is 0 Å². The predicted molar refractivity (Wildman–Crippen MR) is 46.6 cm³/mol. The van der Waals surface area contributed by atoms with Crippen molar-refractivity contribution in [3.05, 3.63) is 23.8 Å². The van der Waals surface area contributed by atoms with Gasteiger partial charge in [-0.2, -0.15) is 0 Å². The molecule has 0 amide bonds. The summed E-state index contributed by atoms with van der Waals surface area (Å²) >= 11 is 0. The predicted octanol–water partition coefficient (Wildman–Crippen LogP) is 0.638. The Morgan fingerprint density at radius 2 is 1.83 bits per heavy atom. The number of nitrogen functional groups attached to an aromatic ring is 2. The summed E-state index contributed by atoms with van der Waals surface area (Å²) in [5, 5.41) is 0. The van der Waals surface area contributed by atoms with E-state index in [0.717, 1.165) is 0 Å². The maximum absolute atomic E-state index is 11.1. The summed E-state index contributed by atoms with van der Waals surface area (Å²) in [5.41, 5.74) is 11.9. The third kappa shape index (κ3) is 1.32. The van der Waals surface area contributed by atoms with Gasteiger partial charge in [0.15, 0.2) is 0 Å². The zero-order chi connectivity index (χ0) is 9.14. The van der Waals surface area contributed by atoms with Crippen LogP contribution in [0, 0.1) is 0 Å². The molecule has 1 rings (SSSR count). The first-order chi connectivity index (χ1) is 5.66. The second-order valence-electron chi connectivity index (χ2n) is 2.30. The molecule has 1 aromatic carbocycles. The fraction of sp³-hybridized carbons (Fsp3) is 0.125. The largest absolute Gasteiger partial charge is 0.465 e. The monoisotopic (exact) mass is 166 g/mol. The molecule has 1 aromatic rings. The van der Waals surface area contributed by atoms with E-state index < -0.39 is 5.97 Å². The lowest BCUT2D eigenvalue weighted by atomic mass is 10.1. The lowest BCUT2D eigenvalue weighted by molar-refractivity contribution is 0.0603. The molecule has 0 aliphatic rings. The van der Waals surface area contributed by atoms with Gasteiger partial charge >= 0.3 is 5.97 Å². The topological polar surface area (TPSA) is 78.3 Å². The lowest BCUT2D eigenvalue weighted by Crippen LogP contribution is -2.08. The van der Waals surface area contributed by atoms with Crippen LogP contribution in [0.15, 0.2) is 18.2 Å². The van der Waals surface area contributed by atoms with Crippen molar-refractivity contribution in [3.63, 3.8) is 0 Å². The van der Waals surface area contributed by atoms with Crippen LogP contribution in [-0.4, -0.2) is 13.1 Å². The van der Waals surface area contributed by atoms with E-state index in [1.165, 1.54) is 7.11 Å². The number of carbonyl (C=O) groups excluding carboxylic acids is 1. The minimum absolute atomic E-state index is 0.236. The van der Waals surface area contributed by atoms with E-state index >= 15 is 0 Å². The molecule has 12 heavy (non-hydrogen) atoms. The molecule has 4 N–H and O–H groups in total. The van der Waals surface area contributed by atoms with Gasteiger partial charge in [-0.3, -0.25) is 0 Å². The van der Waals surface area contributed by atoms with Gasteiger partial charge in [0.2, 0.25) is 0 Å². The molecule has 0 aromatic heterocycles. The van der Waals surface area contributed by atoms with Crippen LogP contribution < -0.4 is 11.5 Å². The van der Waals surface area contributed by atoms with Gasteiger partial charge in [-0.1, -0.05) is 6.07 Å². The summed E-state index contributed by atoms with van der Waals surface area (Å²) in [7, 11) is 1.29. The highest BCUT2D eigenvalue weighted by molar-refractivity contribution is 6.00. The summed E-state index contributed by atoms with van der Waals surface area (Å²) in [4.78, 5) is 11.1. The number of carbonyl (C=O) groups is 1. The molecule has 0 aliphatic carbocycles. The summed E-state index contributed by atoms with van der Waals surface area (Å²) in [6.45, 7) is 0. The molecule has 0 spiro atoms. The van der Waals surface area contributed by atoms with Crippen molar-refractivity contribution >= 4 is 17.3 Å². The number of methoxy groups -OCH3 is 1. The van der Waals surface area contributed by atoms with Crippen LogP contribution in [-0.2, 0) is 4.74 Å². The molecule has 4 nitrogen and oxygen atoms in total. The van der Waals surface area contributed by atoms with Crippen LogP contribution in [0.1, 0.15) is 10.4 Å². The van der Waals surface area contributed by atoms with E-state index in [1.54, 1.807) is 18.2 Å². The van der Waals surface area contributed by atoms with Crippen LogP contribution in [0.5, 0.6) is 0 Å². The number of esters is 1. The van der Waals surface area contributed by atoms with Gasteiger partial charge in [-0.05, 0) is 12.1 Å². The summed E-state index contributed by atoms with van der Waals surface area (Å²) in [6, 6.07) is 4.88. The van der Waals surface area contributed by atoms with Crippen LogP contribution in [0.4, 0.5) is 11.4 Å². The molecule has 4 heteroatoms. The Morgan fingerprint density at radius 1 is 1.33 bits per heavy atom. The Bertz CT molecular complexity index is 290. The van der Waals surface area contributed by atoms with Crippen LogP contribution in [0.25, 0.3) is 0 Å². The summed E-state index contributed by atoms with van der Waals surface area (Å²) in [6.07, 6.45) is 0. The fourth-order valence-corrected chi connectivity index (χ4v) is 0.927. The highest BCUT2D eigenvalue weighted by Crippen LogP contribution is 2.19. The van der Waals surface area contributed by atoms with Crippen molar-refractivity contribution in [2.45, 2.75) is 0 Å². The minimum atomic E-state index is -0.509. The molecule has 0 atom stereocenters. The van der Waals surface area contributed by atoms with Crippen LogP contribution >= 0.6 is 0 Å². The molecular formula is C8H10N2O2. The van der Waals surface area contributed by atoms with Gasteiger partial charge in [0.05, 0.1) is 7.11 Å². The van der Waals surface area contributed by atoms with E-state index in [4.69, 9.17) is 11.5 Å². The minimum Gasteiger partial charge on any atom is -0.465 e. The fourth-order valence-electron chi connectivity index (χ4n) is 0.927. The average molecular weight is 166 g/mol. The number of hydrogen-bond acceptors (Lipinski definition) is 4. The zero-order valence-corrected chi connectivity index (χ0v) is 6.70. The number of ether oxygens (including phenoxy) is 1. The standard InChI is InChI=1S/C8H10N2O2/c1-12-8(11)7-5(9)3-2-4-6(7)10/h2-4H,9-10H2,1H3. The van der Waals surface area contributed by atoms with Gasteiger partial charge in [-0.15, -0.1) is 0 Å². The van der Waals surface area contributed by atoms with E-state index in [1.807, 2.05) is 0 Å². The van der Waals surface area contributed by atoms with Gasteiger partial charge < -0.3 is 16.2 Å². The normalized spacial score (nSPS) is 9.42. The Balaban J connectivity index is 3.21. The second kappa shape index (κ2) is 3.13. The highest BCUT2D eigenvalue weighted by atomic mass is 16.5. The molecule has 0 saturated heterocycles. The SMILES string of the molecule is COC(=O)c1c(N)cccc1N. The third-order valence-corrected chi connectivity index (χ3v) is 1.52. The molecule has 0 fully saturated rings. The Labute approximate surface area is 70.1 Å². The van der Waals surface area contributed by atoms with Crippen LogP contribution in [0.2, 0.25) is 0 Å². The number of benzene rings is 1. The van der Waals surface area contributed by atoms with Gasteiger partial charge in [-0.25, -0.2) is 4.79 Å². The lowest BCUT2D eigenvalue weighted by Gasteiger charge is -2.05. The first kappa shape index (κ1) is 8.39. The first-order valence-electron chi connectivity index (χ1n) is 3.39. The van der Waals surface area contributed by atoms with Crippen LogP contribution in [0.3, 0.4) is 0 Å². The van der Waals surface area contributed by atoms with Crippen molar-refractivity contribution in [2.75, 3.05) is 18.6 Å². The maximum Gasteiger partial charge on any atom is 0.342 e. The van der Waals surface area contributed by atoms with E-state index in [9.17, 15) is 4.79 Å². The molecule has 0 bridgehead atoms. The maximum atomic E-state index is 11.1. The molecule has 0 aliphatic heterocycles. The number of nitrogens with two attached hydrogens (primary N) is 2. The van der Waals surface area contributed by atoms with Crippen molar-refractivity contribution < 1.29 is 9.53 Å². The molecule has 0 saturated carbocycles. The quantitative estimate of drug-likeness (QED) is 0.474. The first-order valence-corrected chi connectivity index (χ1v) is 3.39. The van der Waals surface area contributed by atoms with E-state index in [2.05, 4.69) is 4.74 Å². The van der Waals surface area contributed by atoms with Crippen molar-refractivity contribution in [1.29, 1.82) is 0 Å². The van der Waals surface area contributed by atoms with E-state index in [-0.39, 0.29) is 5.56 Å². The Hall–Kier alpha value is -1.71. The van der Waals surface area contributed by atoms with Crippen molar-refractivity contribution in [1.82, 2.24) is 0 Å². The molecular weight excluding hydrogens is 156 g/mol. The molecule has 0 radical (unpaired) electrons. The average Bonchev–Trinajstić information content (AvgIpc) is 2.03. The second-order valence-corrected chi connectivity index (χ2v) is 2.30.